The lowest BCUT2D eigenvalue weighted by atomic mass is 10.1. The summed E-state index contributed by atoms with van der Waals surface area (Å²) >= 11 is 2.26. The Morgan fingerprint density at radius 1 is 1.53 bits per heavy atom. The van der Waals surface area contributed by atoms with Crippen LogP contribution in [0.3, 0.4) is 0 Å². The maximum absolute atomic E-state index is 12.3. The average molecular weight is 345 g/mol. The summed E-state index contributed by atoms with van der Waals surface area (Å²) in [5, 5.41) is 0. The largest absolute Gasteiger partial charge is 0.375 e. The maximum Gasteiger partial charge on any atom is 0.254 e. The number of hydrogen-bond acceptors (Lipinski definition) is 2. The van der Waals surface area contributed by atoms with Gasteiger partial charge < -0.3 is 9.64 Å². The van der Waals surface area contributed by atoms with Gasteiger partial charge in [-0.05, 0) is 54.1 Å². The molecule has 1 aliphatic rings. The first-order chi connectivity index (χ1) is 8.08. The molecule has 0 aromatic heterocycles. The topological polar surface area (TPSA) is 29.5 Å². The van der Waals surface area contributed by atoms with Gasteiger partial charge in [-0.3, -0.25) is 4.79 Å². The third-order valence-corrected chi connectivity index (χ3v) is 4.11. The summed E-state index contributed by atoms with van der Waals surface area (Å²) in [6.07, 6.45) is 0.136. The fourth-order valence-corrected chi connectivity index (χ4v) is 2.43. The molecule has 1 aromatic rings. The van der Waals surface area contributed by atoms with E-state index in [9.17, 15) is 4.79 Å². The molecule has 1 atom stereocenters. The zero-order valence-electron chi connectivity index (χ0n) is 10.1. The molecule has 2 rings (SSSR count). The van der Waals surface area contributed by atoms with Gasteiger partial charge in [0.25, 0.3) is 5.91 Å². The molecule has 0 bridgehead atoms. The first-order valence-electron chi connectivity index (χ1n) is 5.75. The highest BCUT2D eigenvalue weighted by molar-refractivity contribution is 14.1. The molecule has 1 amide bonds. The van der Waals surface area contributed by atoms with Crippen molar-refractivity contribution in [2.24, 2.45) is 0 Å². The number of carbonyl (C=O) groups is 1. The van der Waals surface area contributed by atoms with E-state index in [4.69, 9.17) is 4.74 Å². The smallest absolute Gasteiger partial charge is 0.254 e. The van der Waals surface area contributed by atoms with E-state index >= 15 is 0 Å². The van der Waals surface area contributed by atoms with Crippen LogP contribution in [0.2, 0.25) is 0 Å². The van der Waals surface area contributed by atoms with E-state index in [-0.39, 0.29) is 12.0 Å². The number of halogens is 1. The molecule has 3 nitrogen and oxygen atoms in total. The fraction of sp³-hybridized carbons (Fsp3) is 0.462. The molecule has 0 N–H and O–H groups in total. The van der Waals surface area contributed by atoms with Gasteiger partial charge in [0, 0.05) is 22.2 Å². The molecule has 0 unspecified atom stereocenters. The Kier molecular flexibility index (Phi) is 4.04. The van der Waals surface area contributed by atoms with Crippen molar-refractivity contribution < 1.29 is 9.53 Å². The summed E-state index contributed by atoms with van der Waals surface area (Å²) in [7, 11) is 0. The van der Waals surface area contributed by atoms with Crippen LogP contribution in [0.5, 0.6) is 0 Å². The van der Waals surface area contributed by atoms with E-state index in [2.05, 4.69) is 22.6 Å². The van der Waals surface area contributed by atoms with Crippen molar-refractivity contribution in [3.63, 3.8) is 0 Å². The zero-order valence-corrected chi connectivity index (χ0v) is 12.2. The van der Waals surface area contributed by atoms with Crippen molar-refractivity contribution in [1.82, 2.24) is 4.90 Å². The Balaban J connectivity index is 2.15. The number of aryl methyl sites for hydroxylation is 1. The monoisotopic (exact) mass is 345 g/mol. The number of morpholine rings is 1. The van der Waals surface area contributed by atoms with Crippen molar-refractivity contribution in [3.05, 3.63) is 32.9 Å². The second-order valence-electron chi connectivity index (χ2n) is 4.40. The van der Waals surface area contributed by atoms with Crippen LogP contribution in [0.15, 0.2) is 18.2 Å². The molecule has 0 spiro atoms. The van der Waals surface area contributed by atoms with E-state index in [1.165, 1.54) is 5.56 Å². The van der Waals surface area contributed by atoms with Crippen molar-refractivity contribution in [2.45, 2.75) is 20.0 Å². The number of hydrogen-bond donors (Lipinski definition) is 0. The lowest BCUT2D eigenvalue weighted by molar-refractivity contribution is -0.0124. The molecule has 0 saturated carbocycles. The minimum absolute atomic E-state index is 0.109. The number of benzene rings is 1. The summed E-state index contributed by atoms with van der Waals surface area (Å²) in [6.45, 7) is 6.05. The van der Waals surface area contributed by atoms with Gasteiger partial charge in [0.15, 0.2) is 0 Å². The summed E-state index contributed by atoms with van der Waals surface area (Å²) < 4.78 is 6.58. The Morgan fingerprint density at radius 3 is 2.94 bits per heavy atom. The molecule has 1 heterocycles. The van der Waals surface area contributed by atoms with Crippen LogP contribution in [0, 0.1) is 10.5 Å². The maximum atomic E-state index is 12.3. The Bertz CT molecular complexity index is 433. The van der Waals surface area contributed by atoms with E-state index in [1.54, 1.807) is 0 Å². The Hall–Kier alpha value is -0.620. The highest BCUT2D eigenvalue weighted by Crippen LogP contribution is 2.16. The van der Waals surface area contributed by atoms with Crippen molar-refractivity contribution >= 4 is 28.5 Å². The van der Waals surface area contributed by atoms with E-state index in [1.807, 2.05) is 36.9 Å². The van der Waals surface area contributed by atoms with E-state index < -0.39 is 0 Å². The first-order valence-corrected chi connectivity index (χ1v) is 6.83. The van der Waals surface area contributed by atoms with Crippen LogP contribution in [0.1, 0.15) is 22.8 Å². The predicted molar refractivity (Wildman–Crippen MR) is 75.2 cm³/mol. The van der Waals surface area contributed by atoms with Crippen LogP contribution in [-0.2, 0) is 4.74 Å². The average Bonchev–Trinajstić information content (AvgIpc) is 2.32. The zero-order chi connectivity index (χ0) is 12.4. The molecule has 1 aromatic carbocycles. The van der Waals surface area contributed by atoms with E-state index in [0.717, 1.165) is 9.13 Å². The van der Waals surface area contributed by atoms with Crippen LogP contribution in [0.25, 0.3) is 0 Å². The standard InChI is InChI=1S/C13H16INO2/c1-9-3-4-11(7-12(9)14)13(16)15-5-6-17-10(2)8-15/h3-4,7,10H,5-6,8H2,1-2H3/t10-/m1/s1. The Labute approximate surface area is 115 Å². The van der Waals surface area contributed by atoms with Crippen LogP contribution in [-0.4, -0.2) is 36.6 Å². The van der Waals surface area contributed by atoms with Crippen LogP contribution >= 0.6 is 22.6 Å². The lowest BCUT2D eigenvalue weighted by Crippen LogP contribution is -2.44. The first kappa shape index (κ1) is 12.8. The second-order valence-corrected chi connectivity index (χ2v) is 5.56. The highest BCUT2D eigenvalue weighted by atomic mass is 127. The highest BCUT2D eigenvalue weighted by Gasteiger charge is 2.22. The summed E-state index contributed by atoms with van der Waals surface area (Å²) in [5.41, 5.74) is 1.98. The quantitative estimate of drug-likeness (QED) is 0.732. The lowest BCUT2D eigenvalue weighted by Gasteiger charge is -2.31. The van der Waals surface area contributed by atoms with Gasteiger partial charge in [-0.1, -0.05) is 6.07 Å². The van der Waals surface area contributed by atoms with Gasteiger partial charge in [-0.15, -0.1) is 0 Å². The van der Waals surface area contributed by atoms with Crippen LogP contribution < -0.4 is 0 Å². The van der Waals surface area contributed by atoms with E-state index in [0.29, 0.717) is 19.7 Å². The Morgan fingerprint density at radius 2 is 2.29 bits per heavy atom. The number of carbonyl (C=O) groups excluding carboxylic acids is 1. The molecule has 1 aliphatic heterocycles. The van der Waals surface area contributed by atoms with Gasteiger partial charge in [0.05, 0.1) is 12.7 Å². The minimum atomic E-state index is 0.109. The summed E-state index contributed by atoms with van der Waals surface area (Å²) in [6, 6.07) is 5.86. The van der Waals surface area contributed by atoms with Gasteiger partial charge in [0.1, 0.15) is 0 Å². The number of nitrogens with zero attached hydrogens (tertiary/aromatic N) is 1. The van der Waals surface area contributed by atoms with Gasteiger partial charge >= 0.3 is 0 Å². The molecule has 1 fully saturated rings. The minimum Gasteiger partial charge on any atom is -0.375 e. The fourth-order valence-electron chi connectivity index (χ4n) is 1.91. The third-order valence-electron chi connectivity index (χ3n) is 2.95. The number of rotatable bonds is 1. The van der Waals surface area contributed by atoms with Crippen LogP contribution in [0.4, 0.5) is 0 Å². The van der Waals surface area contributed by atoms with Gasteiger partial charge in [0.2, 0.25) is 0 Å². The molecule has 0 radical (unpaired) electrons. The summed E-state index contributed by atoms with van der Waals surface area (Å²) in [5.74, 6) is 0.109. The molecule has 17 heavy (non-hydrogen) atoms. The molecule has 92 valence electrons. The molecule has 4 heteroatoms. The SMILES string of the molecule is Cc1ccc(C(=O)N2CCO[C@H](C)C2)cc1I. The van der Waals surface area contributed by atoms with Crippen molar-refractivity contribution in [3.8, 4) is 0 Å². The normalized spacial score (nSPS) is 20.4. The van der Waals surface area contributed by atoms with Gasteiger partial charge in [-0.25, -0.2) is 0 Å². The summed E-state index contributed by atoms with van der Waals surface area (Å²) in [4.78, 5) is 14.1. The molecular weight excluding hydrogens is 329 g/mol. The molecule has 0 aliphatic carbocycles. The molecule has 1 saturated heterocycles. The van der Waals surface area contributed by atoms with Gasteiger partial charge in [-0.2, -0.15) is 0 Å². The van der Waals surface area contributed by atoms with Crippen molar-refractivity contribution in [1.29, 1.82) is 0 Å². The number of ether oxygens (including phenoxy) is 1. The molecular formula is C13H16INO2. The second kappa shape index (κ2) is 5.35. The predicted octanol–water partition coefficient (Wildman–Crippen LogP) is 2.46. The third kappa shape index (κ3) is 2.98. The van der Waals surface area contributed by atoms with Crippen molar-refractivity contribution in [2.75, 3.05) is 19.7 Å². The number of amides is 1.